The zero-order chi connectivity index (χ0) is 15.1. The topological polar surface area (TPSA) is 62.1 Å². The molecule has 0 aliphatic carbocycles. The van der Waals surface area contributed by atoms with E-state index in [1.807, 2.05) is 31.2 Å². The fourth-order valence-corrected chi connectivity index (χ4v) is 2.51. The number of oxime groups is 1. The first-order valence-electron chi connectivity index (χ1n) is 7.33. The Labute approximate surface area is 137 Å². The van der Waals surface area contributed by atoms with E-state index in [2.05, 4.69) is 10.1 Å². The van der Waals surface area contributed by atoms with Crippen molar-refractivity contribution >= 4 is 24.6 Å². The third kappa shape index (κ3) is 5.66. The summed E-state index contributed by atoms with van der Waals surface area (Å²) in [6.45, 7) is 4.78. The summed E-state index contributed by atoms with van der Waals surface area (Å²) in [7, 11) is 0. The lowest BCUT2D eigenvalue weighted by atomic mass is 9.98. The van der Waals surface area contributed by atoms with Crippen molar-refractivity contribution in [2.24, 2.45) is 11.1 Å². The number of hydrogen-bond donors (Lipinski definition) is 1. The van der Waals surface area contributed by atoms with Gasteiger partial charge < -0.3 is 9.94 Å². The van der Waals surface area contributed by atoms with Crippen LogP contribution < -0.4 is 0 Å². The van der Waals surface area contributed by atoms with E-state index in [1.165, 1.54) is 0 Å². The molecule has 2 rings (SSSR count). The Morgan fingerprint density at radius 3 is 3.00 bits per heavy atom. The minimum Gasteiger partial charge on any atom is -0.481 e. The molecule has 1 aliphatic rings. The number of likely N-dealkylation sites (tertiary alicyclic amines) is 1. The summed E-state index contributed by atoms with van der Waals surface area (Å²) >= 11 is 0. The molecule has 1 atom stereocenters. The molecular weight excluding hydrogens is 304 g/mol. The number of aryl methyl sites for hydroxylation is 1. The second kappa shape index (κ2) is 9.43. The maximum absolute atomic E-state index is 11.0. The van der Waals surface area contributed by atoms with E-state index in [0.29, 0.717) is 13.2 Å². The molecule has 1 saturated heterocycles. The summed E-state index contributed by atoms with van der Waals surface area (Å²) < 4.78 is 0. The number of carbonyl (C=O) groups is 1. The van der Waals surface area contributed by atoms with E-state index in [9.17, 15) is 4.79 Å². The van der Waals surface area contributed by atoms with Crippen LogP contribution in [0.2, 0.25) is 0 Å². The summed E-state index contributed by atoms with van der Waals surface area (Å²) in [5.74, 6) is -0.938. The number of carboxylic acids is 1. The predicted octanol–water partition coefficient (Wildman–Crippen LogP) is 2.56. The van der Waals surface area contributed by atoms with E-state index in [1.54, 1.807) is 6.21 Å². The lowest BCUT2D eigenvalue weighted by molar-refractivity contribution is -0.143. The third-order valence-corrected chi connectivity index (χ3v) is 3.81. The first-order chi connectivity index (χ1) is 10.2. The number of hydrogen-bond acceptors (Lipinski definition) is 4. The number of nitrogens with zero attached hydrogens (tertiary/aromatic N) is 2. The van der Waals surface area contributed by atoms with Crippen LogP contribution in [0.3, 0.4) is 0 Å². The standard InChI is InChI=1S/C16H22N2O3.ClH/c1-13-5-2-3-6-14(13)11-17-21-10-9-18-8-4-7-15(12-18)16(19)20;/h2-3,5-6,11,15H,4,7-10,12H2,1H3,(H,19,20);1H/t15-;/m1./s1. The number of benzene rings is 1. The summed E-state index contributed by atoms with van der Waals surface area (Å²) in [6, 6.07) is 7.97. The van der Waals surface area contributed by atoms with Gasteiger partial charge in [-0.2, -0.15) is 0 Å². The molecule has 0 amide bonds. The fourth-order valence-electron chi connectivity index (χ4n) is 2.51. The molecule has 22 heavy (non-hydrogen) atoms. The van der Waals surface area contributed by atoms with Crippen molar-refractivity contribution in [3.8, 4) is 0 Å². The van der Waals surface area contributed by atoms with Gasteiger partial charge in [0.2, 0.25) is 0 Å². The lowest BCUT2D eigenvalue weighted by Gasteiger charge is -2.29. The molecule has 0 unspecified atom stereocenters. The van der Waals surface area contributed by atoms with E-state index < -0.39 is 5.97 Å². The quantitative estimate of drug-likeness (QED) is 0.496. The molecule has 0 saturated carbocycles. The maximum atomic E-state index is 11.0. The van der Waals surface area contributed by atoms with Crippen molar-refractivity contribution in [3.63, 3.8) is 0 Å². The van der Waals surface area contributed by atoms with Crippen LogP contribution in [0, 0.1) is 12.8 Å². The van der Waals surface area contributed by atoms with Gasteiger partial charge in [0.25, 0.3) is 0 Å². The molecular formula is C16H23ClN2O3. The zero-order valence-electron chi connectivity index (χ0n) is 12.8. The van der Waals surface area contributed by atoms with Crippen LogP contribution in [0.5, 0.6) is 0 Å². The normalized spacial score (nSPS) is 18.9. The smallest absolute Gasteiger partial charge is 0.307 e. The highest BCUT2D eigenvalue weighted by Gasteiger charge is 2.24. The van der Waals surface area contributed by atoms with Crippen molar-refractivity contribution < 1.29 is 14.7 Å². The molecule has 1 aromatic rings. The van der Waals surface area contributed by atoms with Crippen LogP contribution in [0.25, 0.3) is 0 Å². The van der Waals surface area contributed by atoms with E-state index in [4.69, 9.17) is 9.94 Å². The van der Waals surface area contributed by atoms with Crippen LogP contribution in [0.4, 0.5) is 0 Å². The number of carboxylic acid groups (broad SMARTS) is 1. The molecule has 122 valence electrons. The largest absolute Gasteiger partial charge is 0.481 e. The Balaban J connectivity index is 0.00000242. The number of piperidine rings is 1. The van der Waals surface area contributed by atoms with E-state index in [-0.39, 0.29) is 18.3 Å². The molecule has 1 N–H and O–H groups in total. The molecule has 1 aromatic carbocycles. The van der Waals surface area contributed by atoms with Gasteiger partial charge in [0.1, 0.15) is 6.61 Å². The summed E-state index contributed by atoms with van der Waals surface area (Å²) in [5, 5.41) is 13.0. The molecule has 1 aliphatic heterocycles. The highest BCUT2D eigenvalue weighted by molar-refractivity contribution is 5.85. The van der Waals surface area contributed by atoms with Gasteiger partial charge in [-0.15, -0.1) is 12.4 Å². The molecule has 1 fully saturated rings. The molecule has 0 spiro atoms. The molecule has 5 nitrogen and oxygen atoms in total. The van der Waals surface area contributed by atoms with Crippen LogP contribution in [0.15, 0.2) is 29.4 Å². The third-order valence-electron chi connectivity index (χ3n) is 3.81. The Kier molecular flexibility index (Phi) is 7.91. The van der Waals surface area contributed by atoms with Crippen molar-refractivity contribution in [2.75, 3.05) is 26.2 Å². The summed E-state index contributed by atoms with van der Waals surface area (Å²) in [5.41, 5.74) is 2.20. The van der Waals surface area contributed by atoms with E-state index >= 15 is 0 Å². The van der Waals surface area contributed by atoms with Crippen LogP contribution in [-0.4, -0.2) is 48.4 Å². The maximum Gasteiger partial charge on any atom is 0.307 e. The minimum atomic E-state index is -0.696. The van der Waals surface area contributed by atoms with Crippen LogP contribution in [-0.2, 0) is 9.63 Å². The van der Waals surface area contributed by atoms with Gasteiger partial charge in [-0.25, -0.2) is 0 Å². The molecule has 0 aromatic heterocycles. The minimum absolute atomic E-state index is 0. The van der Waals surface area contributed by atoms with Crippen molar-refractivity contribution in [1.29, 1.82) is 0 Å². The number of aliphatic carboxylic acids is 1. The Morgan fingerprint density at radius 2 is 2.27 bits per heavy atom. The SMILES string of the molecule is Cc1ccccc1C=NOCCN1CCC[C@@H](C(=O)O)C1.Cl. The highest BCUT2D eigenvalue weighted by atomic mass is 35.5. The van der Waals surface area contributed by atoms with Gasteiger partial charge in [-0.3, -0.25) is 9.69 Å². The lowest BCUT2D eigenvalue weighted by Crippen LogP contribution is -2.40. The number of rotatable bonds is 6. The summed E-state index contributed by atoms with van der Waals surface area (Å²) in [6.07, 6.45) is 3.42. The summed E-state index contributed by atoms with van der Waals surface area (Å²) in [4.78, 5) is 18.4. The van der Waals surface area contributed by atoms with Crippen LogP contribution >= 0.6 is 12.4 Å². The Hall–Kier alpha value is -1.59. The second-order valence-corrected chi connectivity index (χ2v) is 5.40. The Morgan fingerprint density at radius 1 is 1.50 bits per heavy atom. The molecule has 0 radical (unpaired) electrons. The van der Waals surface area contributed by atoms with Gasteiger partial charge in [0.15, 0.2) is 0 Å². The first-order valence-corrected chi connectivity index (χ1v) is 7.33. The van der Waals surface area contributed by atoms with Crippen molar-refractivity contribution in [1.82, 2.24) is 4.90 Å². The van der Waals surface area contributed by atoms with Gasteiger partial charge in [0, 0.05) is 13.1 Å². The number of halogens is 1. The second-order valence-electron chi connectivity index (χ2n) is 5.40. The predicted molar refractivity (Wildman–Crippen MR) is 88.8 cm³/mol. The zero-order valence-corrected chi connectivity index (χ0v) is 13.6. The average Bonchev–Trinajstić information content (AvgIpc) is 2.49. The van der Waals surface area contributed by atoms with Gasteiger partial charge in [-0.1, -0.05) is 29.4 Å². The van der Waals surface area contributed by atoms with Crippen molar-refractivity contribution in [3.05, 3.63) is 35.4 Å². The van der Waals surface area contributed by atoms with Gasteiger partial charge in [0.05, 0.1) is 12.1 Å². The van der Waals surface area contributed by atoms with Crippen molar-refractivity contribution in [2.45, 2.75) is 19.8 Å². The molecule has 6 heteroatoms. The monoisotopic (exact) mass is 326 g/mol. The van der Waals surface area contributed by atoms with Gasteiger partial charge in [-0.05, 0) is 37.4 Å². The first kappa shape index (κ1) is 18.5. The molecule has 1 heterocycles. The molecule has 0 bridgehead atoms. The van der Waals surface area contributed by atoms with Crippen LogP contribution in [0.1, 0.15) is 24.0 Å². The Bertz CT molecular complexity index is 508. The average molecular weight is 327 g/mol. The van der Waals surface area contributed by atoms with Gasteiger partial charge >= 0.3 is 5.97 Å². The highest BCUT2D eigenvalue weighted by Crippen LogP contribution is 2.16. The van der Waals surface area contributed by atoms with E-state index in [0.717, 1.165) is 37.1 Å². The fraction of sp³-hybridized carbons (Fsp3) is 0.500.